The number of rotatable bonds is 4. The topological polar surface area (TPSA) is 45.2 Å². The molecular formula is C10H16N2O. The van der Waals surface area contributed by atoms with Gasteiger partial charge in [-0.3, -0.25) is 0 Å². The van der Waals surface area contributed by atoms with Gasteiger partial charge in [-0.15, -0.1) is 0 Å². The maximum atomic E-state index is 9.02. The number of nitrogens with zero attached hydrogens (tertiary/aromatic N) is 1. The Kier molecular flexibility index (Phi) is 3.71. The summed E-state index contributed by atoms with van der Waals surface area (Å²) in [6.07, 6.45) is 2.27. The highest BCUT2D eigenvalue weighted by Crippen LogP contribution is 2.05. The molecule has 0 radical (unpaired) electrons. The fraction of sp³-hybridized carbons (Fsp3) is 0.500. The average molecular weight is 180 g/mol. The Labute approximate surface area is 78.8 Å². The summed E-state index contributed by atoms with van der Waals surface area (Å²) in [7, 11) is 0. The number of aliphatic hydroxyl groups is 1. The molecule has 0 aliphatic carbocycles. The van der Waals surface area contributed by atoms with E-state index in [1.807, 2.05) is 19.1 Å². The van der Waals surface area contributed by atoms with Crippen molar-refractivity contribution in [3.05, 3.63) is 23.9 Å². The zero-order valence-corrected chi connectivity index (χ0v) is 8.12. The molecule has 13 heavy (non-hydrogen) atoms. The Morgan fingerprint density at radius 3 is 3.00 bits per heavy atom. The van der Waals surface area contributed by atoms with Gasteiger partial charge in [0.25, 0.3) is 0 Å². The van der Waals surface area contributed by atoms with Gasteiger partial charge in [-0.2, -0.15) is 0 Å². The molecule has 0 bridgehead atoms. The predicted octanol–water partition coefficient (Wildman–Crippen LogP) is 1.57. The van der Waals surface area contributed by atoms with Crippen LogP contribution in [0.5, 0.6) is 0 Å². The molecule has 0 saturated heterocycles. The number of aryl methyl sites for hydroxylation is 1. The van der Waals surface area contributed by atoms with Gasteiger partial charge in [0.2, 0.25) is 0 Å². The third-order valence-corrected chi connectivity index (χ3v) is 1.78. The average Bonchev–Trinajstić information content (AvgIpc) is 2.03. The molecule has 1 unspecified atom stereocenters. The zero-order valence-electron chi connectivity index (χ0n) is 8.12. The summed E-state index contributed by atoms with van der Waals surface area (Å²) < 4.78 is 0. The van der Waals surface area contributed by atoms with Crippen LogP contribution < -0.4 is 5.32 Å². The predicted molar refractivity (Wildman–Crippen MR) is 53.8 cm³/mol. The summed E-state index contributed by atoms with van der Waals surface area (Å²) in [5.41, 5.74) is 1.19. The first-order valence-corrected chi connectivity index (χ1v) is 4.53. The van der Waals surface area contributed by atoms with E-state index < -0.39 is 0 Å². The molecule has 1 atom stereocenters. The first-order valence-electron chi connectivity index (χ1n) is 4.53. The molecule has 0 spiro atoms. The van der Waals surface area contributed by atoms with E-state index in [0.717, 1.165) is 18.8 Å². The molecule has 1 aromatic heterocycles. The van der Waals surface area contributed by atoms with Crippen molar-refractivity contribution in [3.8, 4) is 0 Å². The van der Waals surface area contributed by atoms with Crippen molar-refractivity contribution >= 4 is 5.82 Å². The zero-order chi connectivity index (χ0) is 9.68. The van der Waals surface area contributed by atoms with Gasteiger partial charge in [0.05, 0.1) is 6.10 Å². The van der Waals surface area contributed by atoms with E-state index in [-0.39, 0.29) is 6.10 Å². The van der Waals surface area contributed by atoms with Crippen LogP contribution in [0.15, 0.2) is 18.3 Å². The smallest absolute Gasteiger partial charge is 0.126 e. The van der Waals surface area contributed by atoms with Gasteiger partial charge in [0.1, 0.15) is 5.82 Å². The van der Waals surface area contributed by atoms with Gasteiger partial charge in [-0.1, -0.05) is 0 Å². The van der Waals surface area contributed by atoms with Crippen molar-refractivity contribution in [2.24, 2.45) is 0 Å². The number of aliphatic hydroxyl groups excluding tert-OH is 1. The number of anilines is 1. The Hall–Kier alpha value is -1.09. The summed E-state index contributed by atoms with van der Waals surface area (Å²) in [5.74, 6) is 0.876. The Morgan fingerprint density at radius 2 is 2.38 bits per heavy atom. The summed E-state index contributed by atoms with van der Waals surface area (Å²) in [4.78, 5) is 4.14. The minimum atomic E-state index is -0.252. The third-order valence-electron chi connectivity index (χ3n) is 1.78. The van der Waals surface area contributed by atoms with Gasteiger partial charge in [0.15, 0.2) is 0 Å². The van der Waals surface area contributed by atoms with Crippen molar-refractivity contribution in [1.82, 2.24) is 4.98 Å². The molecule has 0 aromatic carbocycles. The molecule has 3 nitrogen and oxygen atoms in total. The van der Waals surface area contributed by atoms with Crippen LogP contribution in [0.2, 0.25) is 0 Å². The third kappa shape index (κ3) is 3.90. The first kappa shape index (κ1) is 9.99. The quantitative estimate of drug-likeness (QED) is 0.739. The van der Waals surface area contributed by atoms with Gasteiger partial charge < -0.3 is 10.4 Å². The summed E-state index contributed by atoms with van der Waals surface area (Å²) in [6, 6.07) is 3.95. The van der Waals surface area contributed by atoms with Crippen molar-refractivity contribution in [1.29, 1.82) is 0 Å². The Morgan fingerprint density at radius 1 is 1.62 bits per heavy atom. The van der Waals surface area contributed by atoms with Crippen LogP contribution in [0.1, 0.15) is 18.9 Å². The van der Waals surface area contributed by atoms with Gasteiger partial charge in [-0.25, -0.2) is 4.98 Å². The largest absolute Gasteiger partial charge is 0.393 e. The minimum absolute atomic E-state index is 0.252. The molecule has 0 aliphatic rings. The van der Waals surface area contributed by atoms with Crippen LogP contribution in [0.3, 0.4) is 0 Å². The van der Waals surface area contributed by atoms with Gasteiger partial charge in [0, 0.05) is 12.7 Å². The molecule has 3 heteroatoms. The van der Waals surface area contributed by atoms with Crippen molar-refractivity contribution < 1.29 is 5.11 Å². The van der Waals surface area contributed by atoms with Crippen LogP contribution in [-0.2, 0) is 0 Å². The fourth-order valence-electron chi connectivity index (χ4n) is 1.04. The highest BCUT2D eigenvalue weighted by atomic mass is 16.3. The lowest BCUT2D eigenvalue weighted by atomic mass is 10.2. The second-order valence-corrected chi connectivity index (χ2v) is 3.28. The normalized spacial score (nSPS) is 12.5. The summed E-state index contributed by atoms with van der Waals surface area (Å²) in [5, 5.41) is 12.2. The summed E-state index contributed by atoms with van der Waals surface area (Å²) >= 11 is 0. The van der Waals surface area contributed by atoms with Crippen LogP contribution in [0.25, 0.3) is 0 Å². The molecule has 0 amide bonds. The minimum Gasteiger partial charge on any atom is -0.393 e. The Bertz CT molecular complexity index is 261. The highest BCUT2D eigenvalue weighted by molar-refractivity contribution is 5.36. The fourth-order valence-corrected chi connectivity index (χ4v) is 1.04. The van der Waals surface area contributed by atoms with E-state index in [2.05, 4.69) is 10.3 Å². The number of pyridine rings is 1. The molecule has 72 valence electrons. The van der Waals surface area contributed by atoms with E-state index >= 15 is 0 Å². The second-order valence-electron chi connectivity index (χ2n) is 3.28. The lowest BCUT2D eigenvalue weighted by Crippen LogP contribution is -2.10. The van der Waals surface area contributed by atoms with Crippen molar-refractivity contribution in [3.63, 3.8) is 0 Å². The molecule has 1 rings (SSSR count). The number of aromatic nitrogens is 1. The van der Waals surface area contributed by atoms with Gasteiger partial charge >= 0.3 is 0 Å². The number of hydrogen-bond acceptors (Lipinski definition) is 3. The Balaban J connectivity index is 2.37. The molecule has 1 heterocycles. The van der Waals surface area contributed by atoms with E-state index in [0.29, 0.717) is 0 Å². The lowest BCUT2D eigenvalue weighted by Gasteiger charge is -2.07. The molecule has 0 aliphatic heterocycles. The molecule has 0 saturated carbocycles. The standard InChI is InChI=1S/C10H16N2O/c1-8-3-5-11-10(7-8)12-6-4-9(2)13/h3,5,7,9,13H,4,6H2,1-2H3,(H,11,12). The summed E-state index contributed by atoms with van der Waals surface area (Å²) in [6.45, 7) is 4.57. The van der Waals surface area contributed by atoms with Crippen LogP contribution in [-0.4, -0.2) is 22.7 Å². The first-order chi connectivity index (χ1) is 6.18. The van der Waals surface area contributed by atoms with E-state index in [1.165, 1.54) is 5.56 Å². The maximum Gasteiger partial charge on any atom is 0.126 e. The van der Waals surface area contributed by atoms with Crippen LogP contribution >= 0.6 is 0 Å². The highest BCUT2D eigenvalue weighted by Gasteiger charge is 1.96. The molecule has 1 aromatic rings. The SMILES string of the molecule is Cc1ccnc(NCCC(C)O)c1. The van der Waals surface area contributed by atoms with Crippen molar-refractivity contribution in [2.75, 3.05) is 11.9 Å². The lowest BCUT2D eigenvalue weighted by molar-refractivity contribution is 0.188. The van der Waals surface area contributed by atoms with Gasteiger partial charge in [-0.05, 0) is 38.0 Å². The van der Waals surface area contributed by atoms with Crippen LogP contribution in [0, 0.1) is 6.92 Å². The maximum absolute atomic E-state index is 9.02. The van der Waals surface area contributed by atoms with E-state index in [1.54, 1.807) is 13.1 Å². The molecular weight excluding hydrogens is 164 g/mol. The number of nitrogens with one attached hydrogen (secondary N) is 1. The monoisotopic (exact) mass is 180 g/mol. The van der Waals surface area contributed by atoms with E-state index in [9.17, 15) is 0 Å². The molecule has 0 fully saturated rings. The van der Waals surface area contributed by atoms with E-state index in [4.69, 9.17) is 5.11 Å². The van der Waals surface area contributed by atoms with Crippen LogP contribution in [0.4, 0.5) is 5.82 Å². The number of hydrogen-bond donors (Lipinski definition) is 2. The second kappa shape index (κ2) is 4.82. The molecule has 2 N–H and O–H groups in total. The van der Waals surface area contributed by atoms with Crippen molar-refractivity contribution in [2.45, 2.75) is 26.4 Å².